The fourth-order valence-corrected chi connectivity index (χ4v) is 3.40. The first-order valence-electron chi connectivity index (χ1n) is 9.23. The van der Waals surface area contributed by atoms with Crippen LogP contribution in [0.15, 0.2) is 53.2 Å². The Morgan fingerprint density at radius 1 is 1.07 bits per heavy atom. The summed E-state index contributed by atoms with van der Waals surface area (Å²) in [6.07, 6.45) is 9.80. The van der Waals surface area contributed by atoms with E-state index in [4.69, 9.17) is 14.9 Å². The molecule has 1 saturated heterocycles. The summed E-state index contributed by atoms with van der Waals surface area (Å²) in [6, 6.07) is 6.35. The van der Waals surface area contributed by atoms with Crippen molar-refractivity contribution in [3.05, 3.63) is 54.4 Å². The van der Waals surface area contributed by atoms with Gasteiger partial charge in [0.05, 0.1) is 30.8 Å². The summed E-state index contributed by atoms with van der Waals surface area (Å²) in [5.74, 6) is 0.502. The van der Waals surface area contributed by atoms with Crippen molar-refractivity contribution in [1.29, 1.82) is 0 Å². The van der Waals surface area contributed by atoms with Crippen LogP contribution in [0.3, 0.4) is 0 Å². The van der Waals surface area contributed by atoms with Crippen LogP contribution < -0.4 is 15.5 Å². The van der Waals surface area contributed by atoms with Gasteiger partial charge in [-0.3, -0.25) is 0 Å². The Labute approximate surface area is 161 Å². The molecule has 2 N–H and O–H groups in total. The second kappa shape index (κ2) is 6.97. The van der Waals surface area contributed by atoms with E-state index >= 15 is 0 Å². The number of allylic oxidation sites excluding steroid dienone is 2. The molecule has 0 unspecified atom stereocenters. The zero-order valence-electron chi connectivity index (χ0n) is 15.3. The third-order valence-electron chi connectivity index (χ3n) is 4.87. The Morgan fingerprint density at radius 2 is 1.96 bits per heavy atom. The maximum absolute atomic E-state index is 6.00. The molecule has 0 bridgehead atoms. The first-order valence-corrected chi connectivity index (χ1v) is 9.23. The number of fused-ring (bicyclic) bond motifs is 1. The number of rotatable bonds is 3. The molecule has 8 nitrogen and oxygen atoms in total. The van der Waals surface area contributed by atoms with E-state index < -0.39 is 0 Å². The van der Waals surface area contributed by atoms with Crippen LogP contribution in [0.4, 0.5) is 17.5 Å². The third kappa shape index (κ3) is 3.07. The summed E-state index contributed by atoms with van der Waals surface area (Å²) in [4.78, 5) is 17.5. The lowest BCUT2D eigenvalue weighted by molar-refractivity contribution is 0.120. The lowest BCUT2D eigenvalue weighted by Crippen LogP contribution is -2.36. The summed E-state index contributed by atoms with van der Waals surface area (Å²) in [7, 11) is 0. The number of nitrogens with two attached hydrogens (primary N) is 1. The molecule has 2 aliphatic rings. The van der Waals surface area contributed by atoms with Gasteiger partial charge in [0.1, 0.15) is 5.82 Å². The SMILES string of the molecule is Nc1ccc(C2=CC=CCN2c2cnc3nc(N4CCOCC4)oc3c2)cn1. The van der Waals surface area contributed by atoms with E-state index in [1.165, 1.54) is 0 Å². The van der Waals surface area contributed by atoms with Crippen molar-refractivity contribution < 1.29 is 9.15 Å². The van der Waals surface area contributed by atoms with E-state index in [0.717, 1.165) is 36.6 Å². The molecule has 0 saturated carbocycles. The molecule has 5 heterocycles. The molecule has 3 aromatic heterocycles. The molecule has 1 fully saturated rings. The van der Waals surface area contributed by atoms with Crippen molar-refractivity contribution >= 4 is 34.4 Å². The highest BCUT2D eigenvalue weighted by atomic mass is 16.5. The molecular formula is C20H20N6O2. The average molecular weight is 376 g/mol. The van der Waals surface area contributed by atoms with Crippen LogP contribution in [-0.4, -0.2) is 47.8 Å². The monoisotopic (exact) mass is 376 g/mol. The van der Waals surface area contributed by atoms with Crippen molar-refractivity contribution in [2.45, 2.75) is 0 Å². The molecular weight excluding hydrogens is 356 g/mol. The quantitative estimate of drug-likeness (QED) is 0.745. The number of anilines is 3. The van der Waals surface area contributed by atoms with Crippen molar-refractivity contribution in [2.24, 2.45) is 0 Å². The van der Waals surface area contributed by atoms with Gasteiger partial charge in [-0.1, -0.05) is 12.2 Å². The van der Waals surface area contributed by atoms with Gasteiger partial charge in [0, 0.05) is 37.5 Å². The van der Waals surface area contributed by atoms with Gasteiger partial charge in [-0.15, -0.1) is 0 Å². The van der Waals surface area contributed by atoms with Gasteiger partial charge in [-0.25, -0.2) is 9.97 Å². The number of oxazole rings is 1. The number of nitrogens with zero attached hydrogens (tertiary/aromatic N) is 5. The molecule has 0 atom stereocenters. The lowest BCUT2D eigenvalue weighted by atomic mass is 10.1. The number of morpholine rings is 1. The van der Waals surface area contributed by atoms with Crippen molar-refractivity contribution in [3.8, 4) is 0 Å². The van der Waals surface area contributed by atoms with E-state index in [1.807, 2.05) is 24.4 Å². The second-order valence-corrected chi connectivity index (χ2v) is 6.67. The second-order valence-electron chi connectivity index (χ2n) is 6.67. The molecule has 28 heavy (non-hydrogen) atoms. The third-order valence-corrected chi connectivity index (χ3v) is 4.87. The van der Waals surface area contributed by atoms with Crippen LogP contribution in [-0.2, 0) is 4.74 Å². The number of pyridine rings is 2. The van der Waals surface area contributed by atoms with Crippen LogP contribution in [0.25, 0.3) is 16.9 Å². The van der Waals surface area contributed by atoms with E-state index in [-0.39, 0.29) is 0 Å². The highest BCUT2D eigenvalue weighted by Gasteiger charge is 2.20. The van der Waals surface area contributed by atoms with Crippen LogP contribution in [0.1, 0.15) is 5.56 Å². The molecule has 5 rings (SSSR count). The molecule has 0 radical (unpaired) electrons. The zero-order chi connectivity index (χ0) is 18.9. The molecule has 0 spiro atoms. The minimum Gasteiger partial charge on any atom is -0.422 e. The van der Waals surface area contributed by atoms with Gasteiger partial charge < -0.3 is 24.7 Å². The molecule has 0 amide bonds. The maximum atomic E-state index is 6.00. The van der Waals surface area contributed by atoms with Crippen molar-refractivity contribution in [1.82, 2.24) is 15.0 Å². The van der Waals surface area contributed by atoms with E-state index in [0.29, 0.717) is 36.3 Å². The van der Waals surface area contributed by atoms with Gasteiger partial charge in [-0.2, -0.15) is 4.98 Å². The normalized spacial score (nSPS) is 17.2. The molecule has 8 heteroatoms. The summed E-state index contributed by atoms with van der Waals surface area (Å²) >= 11 is 0. The Hall–Kier alpha value is -3.39. The maximum Gasteiger partial charge on any atom is 0.300 e. The molecule has 0 aromatic carbocycles. The summed E-state index contributed by atoms with van der Waals surface area (Å²) in [5.41, 5.74) is 9.96. The van der Waals surface area contributed by atoms with E-state index in [1.54, 1.807) is 12.3 Å². The molecule has 3 aromatic rings. The van der Waals surface area contributed by atoms with Crippen LogP contribution in [0, 0.1) is 0 Å². The number of ether oxygens (including phenoxy) is 1. The molecule has 142 valence electrons. The largest absolute Gasteiger partial charge is 0.422 e. The lowest BCUT2D eigenvalue weighted by Gasteiger charge is -2.28. The highest BCUT2D eigenvalue weighted by Crippen LogP contribution is 2.31. The predicted molar refractivity (Wildman–Crippen MR) is 108 cm³/mol. The molecule has 2 aliphatic heterocycles. The number of nitrogen functional groups attached to an aromatic ring is 1. The Bertz CT molecular complexity index is 1050. The average Bonchev–Trinajstić information content (AvgIpc) is 3.18. The Balaban J connectivity index is 1.48. The number of hydrogen-bond acceptors (Lipinski definition) is 8. The van der Waals surface area contributed by atoms with Crippen LogP contribution >= 0.6 is 0 Å². The highest BCUT2D eigenvalue weighted by molar-refractivity contribution is 5.84. The Kier molecular flexibility index (Phi) is 4.17. The van der Waals surface area contributed by atoms with Crippen molar-refractivity contribution in [2.75, 3.05) is 48.4 Å². The first kappa shape index (κ1) is 16.8. The molecule has 0 aliphatic carbocycles. The van der Waals surface area contributed by atoms with Crippen molar-refractivity contribution in [3.63, 3.8) is 0 Å². The van der Waals surface area contributed by atoms with E-state index in [2.05, 4.69) is 36.9 Å². The number of aromatic nitrogens is 3. The standard InChI is InChI=1S/C20H20N6O2/c21-18-5-4-14(12-22-18)16-3-1-2-6-26(16)15-11-17-19(23-13-15)24-20(28-17)25-7-9-27-10-8-25/h1-5,11-13H,6-10H2,(H2,21,22). The fourth-order valence-electron chi connectivity index (χ4n) is 3.40. The summed E-state index contributed by atoms with van der Waals surface area (Å²) in [6.45, 7) is 3.64. The van der Waals surface area contributed by atoms with E-state index in [9.17, 15) is 0 Å². The van der Waals surface area contributed by atoms with Gasteiger partial charge >= 0.3 is 0 Å². The Morgan fingerprint density at radius 3 is 2.79 bits per heavy atom. The summed E-state index contributed by atoms with van der Waals surface area (Å²) < 4.78 is 11.4. The van der Waals surface area contributed by atoms with Gasteiger partial charge in [-0.05, 0) is 18.2 Å². The van der Waals surface area contributed by atoms with Gasteiger partial charge in [0.15, 0.2) is 5.58 Å². The zero-order valence-corrected chi connectivity index (χ0v) is 15.3. The number of hydrogen-bond donors (Lipinski definition) is 1. The minimum absolute atomic E-state index is 0.502. The first-order chi connectivity index (χ1) is 13.8. The summed E-state index contributed by atoms with van der Waals surface area (Å²) in [5, 5.41) is 0. The predicted octanol–water partition coefficient (Wildman–Crippen LogP) is 2.45. The van der Waals surface area contributed by atoms with Crippen LogP contribution in [0.5, 0.6) is 0 Å². The fraction of sp³-hybridized carbons (Fsp3) is 0.250. The smallest absolute Gasteiger partial charge is 0.300 e. The minimum atomic E-state index is 0.502. The van der Waals surface area contributed by atoms with Crippen LogP contribution in [0.2, 0.25) is 0 Å². The van der Waals surface area contributed by atoms with Gasteiger partial charge in [0.2, 0.25) is 5.65 Å². The van der Waals surface area contributed by atoms with Gasteiger partial charge in [0.25, 0.3) is 6.01 Å². The topological polar surface area (TPSA) is 93.5 Å².